The number of para-hydroxylation sites is 1. The van der Waals surface area contributed by atoms with Crippen molar-refractivity contribution in [3.05, 3.63) is 35.3 Å². The van der Waals surface area contributed by atoms with E-state index in [9.17, 15) is 14.4 Å². The summed E-state index contributed by atoms with van der Waals surface area (Å²) in [6.45, 7) is 5.66. The highest BCUT2D eigenvalue weighted by Crippen LogP contribution is 2.32. The van der Waals surface area contributed by atoms with Gasteiger partial charge in [0, 0.05) is 39.3 Å². The second kappa shape index (κ2) is 9.97. The first-order chi connectivity index (χ1) is 16.9. The van der Waals surface area contributed by atoms with Crippen LogP contribution in [-0.4, -0.2) is 102 Å². The van der Waals surface area contributed by atoms with E-state index >= 15 is 0 Å². The molecule has 1 aromatic heterocycles. The van der Waals surface area contributed by atoms with Crippen molar-refractivity contribution in [3.8, 4) is 0 Å². The van der Waals surface area contributed by atoms with Crippen molar-refractivity contribution >= 4 is 39.9 Å². The zero-order chi connectivity index (χ0) is 24.5. The number of carbonyl (C=O) groups is 3. The number of fused-ring (bicyclic) bond motifs is 1. The van der Waals surface area contributed by atoms with Gasteiger partial charge < -0.3 is 9.80 Å². The Morgan fingerprint density at radius 1 is 1.11 bits per heavy atom. The SMILES string of the molecule is Cc1nnc(NC(=O)CN2CCN(C(=O)C3CN(C)CC4C(=O)N(c5ccccc5)NC34)CC2)s1. The van der Waals surface area contributed by atoms with Crippen LogP contribution in [0.2, 0.25) is 0 Å². The van der Waals surface area contributed by atoms with Crippen LogP contribution in [0.4, 0.5) is 10.8 Å². The van der Waals surface area contributed by atoms with Gasteiger partial charge in [0.05, 0.1) is 30.1 Å². The highest BCUT2D eigenvalue weighted by molar-refractivity contribution is 7.15. The number of nitrogens with one attached hydrogen (secondary N) is 2. The van der Waals surface area contributed by atoms with Crippen molar-refractivity contribution in [1.82, 2.24) is 30.3 Å². The summed E-state index contributed by atoms with van der Waals surface area (Å²) in [5.74, 6) is -0.640. The third-order valence-electron chi connectivity index (χ3n) is 6.85. The molecular weight excluding hydrogens is 468 g/mol. The third kappa shape index (κ3) is 5.06. The minimum atomic E-state index is -0.313. The number of amides is 3. The van der Waals surface area contributed by atoms with Crippen molar-refractivity contribution in [2.45, 2.75) is 13.0 Å². The van der Waals surface area contributed by atoms with Crippen molar-refractivity contribution < 1.29 is 14.4 Å². The molecule has 12 heteroatoms. The lowest BCUT2D eigenvalue weighted by Crippen LogP contribution is -2.59. The van der Waals surface area contributed by atoms with Crippen LogP contribution in [0.1, 0.15) is 5.01 Å². The number of hydrazine groups is 1. The molecule has 3 fully saturated rings. The Labute approximate surface area is 208 Å². The minimum absolute atomic E-state index is 0.00649. The highest BCUT2D eigenvalue weighted by Gasteiger charge is 2.51. The molecular formula is C23H30N8O3S. The maximum absolute atomic E-state index is 13.6. The summed E-state index contributed by atoms with van der Waals surface area (Å²) in [5.41, 5.74) is 4.13. The molecule has 186 valence electrons. The molecule has 3 unspecified atom stereocenters. The first-order valence-corrected chi connectivity index (χ1v) is 12.7. The Balaban J connectivity index is 1.18. The topological polar surface area (TPSA) is 114 Å². The summed E-state index contributed by atoms with van der Waals surface area (Å²) in [4.78, 5) is 45.1. The zero-order valence-electron chi connectivity index (χ0n) is 19.9. The summed E-state index contributed by atoms with van der Waals surface area (Å²) >= 11 is 1.34. The molecule has 0 saturated carbocycles. The predicted octanol–water partition coefficient (Wildman–Crippen LogP) is 0.0270. The van der Waals surface area contributed by atoms with Crippen LogP contribution in [0.5, 0.6) is 0 Å². The van der Waals surface area contributed by atoms with E-state index in [0.29, 0.717) is 44.4 Å². The van der Waals surface area contributed by atoms with Gasteiger partial charge in [-0.2, -0.15) is 0 Å². The van der Waals surface area contributed by atoms with Gasteiger partial charge in [-0.15, -0.1) is 10.2 Å². The fourth-order valence-corrected chi connectivity index (χ4v) is 5.73. The van der Waals surface area contributed by atoms with Crippen LogP contribution in [0.25, 0.3) is 0 Å². The molecule has 5 rings (SSSR count). The average Bonchev–Trinajstić information content (AvgIpc) is 3.41. The van der Waals surface area contributed by atoms with Gasteiger partial charge in [0.2, 0.25) is 22.9 Å². The molecule has 4 heterocycles. The number of benzene rings is 1. The monoisotopic (exact) mass is 498 g/mol. The summed E-state index contributed by atoms with van der Waals surface area (Å²) in [6, 6.07) is 9.27. The number of piperazine rings is 1. The van der Waals surface area contributed by atoms with Gasteiger partial charge in [0.25, 0.3) is 0 Å². The predicted molar refractivity (Wildman–Crippen MR) is 132 cm³/mol. The smallest absolute Gasteiger partial charge is 0.247 e. The summed E-state index contributed by atoms with van der Waals surface area (Å²) < 4.78 is 0. The minimum Gasteiger partial charge on any atom is -0.340 e. The Bertz CT molecular complexity index is 1090. The Hall–Kier alpha value is -2.93. The van der Waals surface area contributed by atoms with Crippen molar-refractivity contribution in [2.75, 3.05) is 63.2 Å². The van der Waals surface area contributed by atoms with Crippen molar-refractivity contribution in [2.24, 2.45) is 11.8 Å². The lowest BCUT2D eigenvalue weighted by molar-refractivity contribution is -0.141. The van der Waals surface area contributed by atoms with Crippen LogP contribution >= 0.6 is 11.3 Å². The van der Waals surface area contributed by atoms with Gasteiger partial charge in [0.15, 0.2) is 0 Å². The number of anilines is 2. The standard InChI is InChI=1S/C23H30N8O3S/c1-15-25-26-23(35-15)24-19(32)14-29-8-10-30(11-9-29)21(33)17-12-28(2)13-18-20(17)27-31(22(18)34)16-6-4-3-5-7-16/h3-7,17-18,20,27H,8-14H2,1-2H3,(H,24,26,32). The van der Waals surface area contributed by atoms with Crippen molar-refractivity contribution in [1.29, 1.82) is 0 Å². The van der Waals surface area contributed by atoms with E-state index in [-0.39, 0.29) is 42.1 Å². The maximum Gasteiger partial charge on any atom is 0.247 e. The van der Waals surface area contributed by atoms with Gasteiger partial charge in [-0.1, -0.05) is 29.5 Å². The van der Waals surface area contributed by atoms with Crippen LogP contribution in [0.15, 0.2) is 30.3 Å². The normalized spacial score (nSPS) is 25.5. The molecule has 0 spiro atoms. The first-order valence-electron chi connectivity index (χ1n) is 11.8. The molecule has 3 aliphatic rings. The van der Waals surface area contributed by atoms with E-state index < -0.39 is 0 Å². The third-order valence-corrected chi connectivity index (χ3v) is 7.61. The molecule has 0 aliphatic carbocycles. The highest BCUT2D eigenvalue weighted by atomic mass is 32.1. The van der Waals surface area contributed by atoms with E-state index in [0.717, 1.165) is 10.7 Å². The number of likely N-dealkylation sites (tertiary alicyclic amines) is 1. The summed E-state index contributed by atoms with van der Waals surface area (Å²) in [6.07, 6.45) is 0. The molecule has 3 aliphatic heterocycles. The zero-order valence-corrected chi connectivity index (χ0v) is 20.7. The second-order valence-corrected chi connectivity index (χ2v) is 10.6. The Morgan fingerprint density at radius 2 is 1.86 bits per heavy atom. The lowest BCUT2D eigenvalue weighted by atomic mass is 9.84. The molecule has 2 N–H and O–H groups in total. The number of rotatable bonds is 5. The molecule has 0 radical (unpaired) electrons. The first kappa shape index (κ1) is 23.8. The Morgan fingerprint density at radius 3 is 2.54 bits per heavy atom. The number of aromatic nitrogens is 2. The average molecular weight is 499 g/mol. The van der Waals surface area contributed by atoms with E-state index in [1.165, 1.54) is 11.3 Å². The van der Waals surface area contributed by atoms with E-state index in [2.05, 4.69) is 25.8 Å². The van der Waals surface area contributed by atoms with Crippen LogP contribution < -0.4 is 15.8 Å². The van der Waals surface area contributed by atoms with Crippen LogP contribution in [0, 0.1) is 18.8 Å². The molecule has 3 amide bonds. The van der Waals surface area contributed by atoms with Crippen molar-refractivity contribution in [3.63, 3.8) is 0 Å². The van der Waals surface area contributed by atoms with Gasteiger partial charge in [-0.05, 0) is 26.1 Å². The van der Waals surface area contributed by atoms with Gasteiger partial charge in [-0.25, -0.2) is 10.4 Å². The fraction of sp³-hybridized carbons (Fsp3) is 0.522. The van der Waals surface area contributed by atoms with E-state index in [1.54, 1.807) is 5.01 Å². The summed E-state index contributed by atoms with van der Waals surface area (Å²) in [7, 11) is 1.96. The number of piperidine rings is 1. The number of nitrogens with zero attached hydrogens (tertiary/aromatic N) is 6. The number of aryl methyl sites for hydroxylation is 1. The van der Waals surface area contributed by atoms with Crippen LogP contribution in [-0.2, 0) is 14.4 Å². The fourth-order valence-electron chi connectivity index (χ4n) is 5.12. The summed E-state index contributed by atoms with van der Waals surface area (Å²) in [5, 5.41) is 13.5. The number of hydrogen-bond donors (Lipinski definition) is 2. The molecule has 11 nitrogen and oxygen atoms in total. The lowest BCUT2D eigenvalue weighted by Gasteiger charge is -2.41. The molecule has 3 atom stereocenters. The molecule has 0 bridgehead atoms. The number of hydrogen-bond acceptors (Lipinski definition) is 9. The second-order valence-electron chi connectivity index (χ2n) is 9.37. The van der Waals surface area contributed by atoms with Gasteiger partial charge in [0.1, 0.15) is 5.01 Å². The maximum atomic E-state index is 13.6. The molecule has 2 aromatic rings. The van der Waals surface area contributed by atoms with Gasteiger partial charge >= 0.3 is 0 Å². The largest absolute Gasteiger partial charge is 0.340 e. The van der Waals surface area contributed by atoms with Gasteiger partial charge in [-0.3, -0.25) is 24.6 Å². The Kier molecular flexibility index (Phi) is 6.78. The molecule has 1 aromatic carbocycles. The van der Waals surface area contributed by atoms with E-state index in [4.69, 9.17) is 0 Å². The molecule has 3 saturated heterocycles. The quantitative estimate of drug-likeness (QED) is 0.594. The molecule has 35 heavy (non-hydrogen) atoms. The number of carbonyl (C=O) groups excluding carboxylic acids is 3. The van der Waals surface area contributed by atoms with E-state index in [1.807, 2.05) is 54.1 Å². The van der Waals surface area contributed by atoms with Crippen LogP contribution in [0.3, 0.4) is 0 Å².